The van der Waals surface area contributed by atoms with Gasteiger partial charge in [-0.3, -0.25) is 4.99 Å². The molecule has 5 nitrogen and oxygen atoms in total. The zero-order chi connectivity index (χ0) is 19.6. The lowest BCUT2D eigenvalue weighted by atomic mass is 10.1. The Kier molecular flexibility index (Phi) is 5.12. The second-order valence-electron chi connectivity index (χ2n) is 6.43. The molecule has 138 valence electrons. The van der Waals surface area contributed by atoms with Crippen molar-refractivity contribution in [2.24, 2.45) is 4.99 Å². The van der Waals surface area contributed by atoms with Crippen LogP contribution in [0.1, 0.15) is 32.9 Å². The number of carbonyl (C=O) groups is 1. The molecule has 3 rings (SSSR count). The Morgan fingerprint density at radius 2 is 1.78 bits per heavy atom. The van der Waals surface area contributed by atoms with Crippen LogP contribution >= 0.6 is 0 Å². The first-order valence-electron chi connectivity index (χ1n) is 8.62. The summed E-state index contributed by atoms with van der Waals surface area (Å²) in [6.45, 7) is 6.06. The molecule has 0 atom stereocenters. The fourth-order valence-corrected chi connectivity index (χ4v) is 3.12. The van der Waals surface area contributed by atoms with E-state index in [2.05, 4.69) is 15.6 Å². The van der Waals surface area contributed by atoms with E-state index in [0.29, 0.717) is 5.56 Å². The molecule has 0 saturated carbocycles. The number of benzene rings is 2. The van der Waals surface area contributed by atoms with Crippen molar-refractivity contribution in [3.8, 4) is 11.4 Å². The summed E-state index contributed by atoms with van der Waals surface area (Å²) in [6, 6.07) is 14.4. The van der Waals surface area contributed by atoms with E-state index in [-0.39, 0.29) is 11.7 Å². The fourth-order valence-electron chi connectivity index (χ4n) is 3.12. The lowest BCUT2D eigenvalue weighted by Crippen LogP contribution is -2.06. The van der Waals surface area contributed by atoms with Crippen molar-refractivity contribution < 1.29 is 14.6 Å². The second kappa shape index (κ2) is 7.50. The number of phenols is 1. The Morgan fingerprint density at radius 1 is 1.07 bits per heavy atom. The van der Waals surface area contributed by atoms with Crippen LogP contribution in [0.4, 0.5) is 5.69 Å². The van der Waals surface area contributed by atoms with Gasteiger partial charge in [0.05, 0.1) is 18.4 Å². The van der Waals surface area contributed by atoms with Gasteiger partial charge in [-0.2, -0.15) is 0 Å². The first-order valence-corrected chi connectivity index (χ1v) is 8.62. The summed E-state index contributed by atoms with van der Waals surface area (Å²) in [7, 11) is 1.38. The van der Waals surface area contributed by atoms with Crippen molar-refractivity contribution in [3.63, 3.8) is 0 Å². The standard InChI is InChI=1S/C22H22N2O3/c1-14-11-17(22(26)27-4)5-10-21(14)24-15(2)12-18(16(24)3)13-23-19-6-8-20(25)9-7-19/h5-13,25H,1-4H3. The topological polar surface area (TPSA) is 63.8 Å². The second-order valence-corrected chi connectivity index (χ2v) is 6.43. The number of aliphatic imine (C=N–C) groups is 1. The molecular formula is C22H22N2O3. The first-order chi connectivity index (χ1) is 12.9. The number of rotatable bonds is 4. The number of hydrogen-bond donors (Lipinski definition) is 1. The van der Waals surface area contributed by atoms with Gasteiger partial charge in [0, 0.05) is 28.9 Å². The molecule has 0 bridgehead atoms. The number of hydrogen-bond acceptors (Lipinski definition) is 4. The normalized spacial score (nSPS) is 11.1. The highest BCUT2D eigenvalue weighted by molar-refractivity contribution is 5.90. The van der Waals surface area contributed by atoms with Crippen LogP contribution in [0.3, 0.4) is 0 Å². The summed E-state index contributed by atoms with van der Waals surface area (Å²) in [5, 5.41) is 9.36. The smallest absolute Gasteiger partial charge is 0.337 e. The van der Waals surface area contributed by atoms with E-state index in [1.807, 2.05) is 39.1 Å². The predicted molar refractivity (Wildman–Crippen MR) is 107 cm³/mol. The molecule has 0 aliphatic rings. The van der Waals surface area contributed by atoms with Crippen LogP contribution in [-0.4, -0.2) is 29.0 Å². The summed E-state index contributed by atoms with van der Waals surface area (Å²) >= 11 is 0. The molecule has 0 amide bonds. The number of nitrogens with zero attached hydrogens (tertiary/aromatic N) is 2. The fraction of sp³-hybridized carbons (Fsp3) is 0.182. The van der Waals surface area contributed by atoms with E-state index in [1.165, 1.54) is 7.11 Å². The number of ether oxygens (including phenoxy) is 1. The lowest BCUT2D eigenvalue weighted by Gasteiger charge is -2.13. The quantitative estimate of drug-likeness (QED) is 0.543. The lowest BCUT2D eigenvalue weighted by molar-refractivity contribution is 0.0600. The number of carbonyl (C=O) groups excluding carboxylic acids is 1. The van der Waals surface area contributed by atoms with Crippen LogP contribution in [0.25, 0.3) is 5.69 Å². The molecular weight excluding hydrogens is 340 g/mol. The summed E-state index contributed by atoms with van der Waals surface area (Å²) in [5.74, 6) is -0.120. The maximum atomic E-state index is 11.7. The number of methoxy groups -OCH3 is 1. The summed E-state index contributed by atoms with van der Waals surface area (Å²) in [4.78, 5) is 16.2. The largest absolute Gasteiger partial charge is 0.508 e. The third-order valence-corrected chi connectivity index (χ3v) is 4.53. The van der Waals surface area contributed by atoms with E-state index < -0.39 is 0 Å². The van der Waals surface area contributed by atoms with Gasteiger partial charge in [0.1, 0.15) is 5.75 Å². The van der Waals surface area contributed by atoms with Crippen molar-refractivity contribution in [3.05, 3.63) is 76.6 Å². The van der Waals surface area contributed by atoms with Crippen LogP contribution in [0.5, 0.6) is 5.75 Å². The Hall–Kier alpha value is -3.34. The average molecular weight is 362 g/mol. The number of aryl methyl sites for hydroxylation is 2. The minimum Gasteiger partial charge on any atom is -0.508 e. The van der Waals surface area contributed by atoms with E-state index in [9.17, 15) is 9.90 Å². The number of aromatic hydroxyl groups is 1. The third kappa shape index (κ3) is 3.77. The van der Waals surface area contributed by atoms with Crippen molar-refractivity contribution >= 4 is 17.9 Å². The number of phenolic OH excluding ortho intramolecular Hbond substituents is 1. The minimum absolute atomic E-state index is 0.220. The van der Waals surface area contributed by atoms with Crippen molar-refractivity contribution in [1.29, 1.82) is 0 Å². The van der Waals surface area contributed by atoms with Crippen molar-refractivity contribution in [1.82, 2.24) is 4.57 Å². The van der Waals surface area contributed by atoms with Gasteiger partial charge in [-0.15, -0.1) is 0 Å². The van der Waals surface area contributed by atoms with Gasteiger partial charge in [0.15, 0.2) is 0 Å². The number of aromatic nitrogens is 1. The highest BCUT2D eigenvalue weighted by Crippen LogP contribution is 2.24. The zero-order valence-electron chi connectivity index (χ0n) is 15.9. The van der Waals surface area contributed by atoms with Gasteiger partial charge >= 0.3 is 5.97 Å². The summed E-state index contributed by atoms with van der Waals surface area (Å²) in [5.41, 5.74) is 6.46. The van der Waals surface area contributed by atoms with E-state index >= 15 is 0 Å². The maximum absolute atomic E-state index is 11.7. The Labute approximate surface area is 158 Å². The van der Waals surface area contributed by atoms with E-state index in [0.717, 1.165) is 33.9 Å². The molecule has 0 unspecified atom stereocenters. The predicted octanol–water partition coefficient (Wildman–Crippen LogP) is 4.65. The molecule has 3 aromatic rings. The summed E-state index contributed by atoms with van der Waals surface area (Å²) < 4.78 is 6.94. The summed E-state index contributed by atoms with van der Waals surface area (Å²) in [6.07, 6.45) is 1.82. The highest BCUT2D eigenvalue weighted by atomic mass is 16.5. The van der Waals surface area contributed by atoms with Gasteiger partial charge in [0.25, 0.3) is 0 Å². The van der Waals surface area contributed by atoms with Crippen LogP contribution in [-0.2, 0) is 4.74 Å². The molecule has 1 aromatic heterocycles. The molecule has 1 N–H and O–H groups in total. The van der Waals surface area contributed by atoms with E-state index in [1.54, 1.807) is 30.3 Å². The molecule has 27 heavy (non-hydrogen) atoms. The maximum Gasteiger partial charge on any atom is 0.337 e. The van der Waals surface area contributed by atoms with Crippen LogP contribution in [0.2, 0.25) is 0 Å². The Morgan fingerprint density at radius 3 is 2.41 bits per heavy atom. The Bertz CT molecular complexity index is 1010. The molecule has 2 aromatic carbocycles. The van der Waals surface area contributed by atoms with Crippen LogP contribution in [0.15, 0.2) is 53.5 Å². The van der Waals surface area contributed by atoms with Crippen molar-refractivity contribution in [2.75, 3.05) is 7.11 Å². The SMILES string of the molecule is COC(=O)c1ccc(-n2c(C)cc(C=Nc3ccc(O)cc3)c2C)c(C)c1. The molecule has 0 radical (unpaired) electrons. The molecule has 0 aliphatic heterocycles. The van der Waals surface area contributed by atoms with E-state index in [4.69, 9.17) is 4.74 Å². The van der Waals surface area contributed by atoms with Gasteiger partial charge in [-0.1, -0.05) is 0 Å². The third-order valence-electron chi connectivity index (χ3n) is 4.53. The van der Waals surface area contributed by atoms with Crippen molar-refractivity contribution in [2.45, 2.75) is 20.8 Å². The van der Waals surface area contributed by atoms with Gasteiger partial charge in [-0.05, 0) is 74.9 Å². The van der Waals surface area contributed by atoms with Gasteiger partial charge < -0.3 is 14.4 Å². The molecule has 5 heteroatoms. The van der Waals surface area contributed by atoms with Crippen LogP contribution < -0.4 is 0 Å². The monoisotopic (exact) mass is 362 g/mol. The molecule has 0 aliphatic carbocycles. The molecule has 1 heterocycles. The van der Waals surface area contributed by atoms with Gasteiger partial charge in [0.2, 0.25) is 0 Å². The van der Waals surface area contributed by atoms with Gasteiger partial charge in [-0.25, -0.2) is 4.79 Å². The number of esters is 1. The minimum atomic E-state index is -0.340. The molecule has 0 spiro atoms. The van der Waals surface area contributed by atoms with Crippen LogP contribution in [0, 0.1) is 20.8 Å². The molecule has 0 saturated heterocycles. The highest BCUT2D eigenvalue weighted by Gasteiger charge is 2.13. The Balaban J connectivity index is 1.96. The zero-order valence-corrected chi connectivity index (χ0v) is 15.9. The first kappa shape index (κ1) is 18.5. The average Bonchev–Trinajstić information content (AvgIpc) is 2.94. The molecule has 0 fully saturated rings.